The summed E-state index contributed by atoms with van der Waals surface area (Å²) in [6.45, 7) is 3.77. The maximum atomic E-state index is 12.2. The van der Waals surface area contributed by atoms with Crippen molar-refractivity contribution in [2.24, 2.45) is 5.10 Å². The minimum absolute atomic E-state index is 0.144. The summed E-state index contributed by atoms with van der Waals surface area (Å²) >= 11 is 4.98. The van der Waals surface area contributed by atoms with Gasteiger partial charge in [-0.2, -0.15) is 5.10 Å². The first kappa shape index (κ1) is 21.8. The molecule has 1 heterocycles. The molecule has 0 saturated heterocycles. The quantitative estimate of drug-likeness (QED) is 0.344. The third kappa shape index (κ3) is 6.04. The maximum absolute atomic E-state index is 12.2. The zero-order valence-corrected chi connectivity index (χ0v) is 19.1. The molecule has 3 aromatic rings. The summed E-state index contributed by atoms with van der Waals surface area (Å²) in [5.41, 5.74) is 6.45. The normalized spacial score (nSPS) is 10.8. The zero-order chi connectivity index (χ0) is 21.5. The largest absolute Gasteiger partial charge is 0.493 e. The van der Waals surface area contributed by atoms with Gasteiger partial charge in [-0.1, -0.05) is 17.7 Å². The minimum atomic E-state index is -0.259. The molecule has 0 fully saturated rings. The molecule has 0 aliphatic carbocycles. The molecular formula is C21H21BrN4O3S. The van der Waals surface area contributed by atoms with Crippen LogP contribution in [-0.4, -0.2) is 30.8 Å². The Morgan fingerprint density at radius 2 is 2.00 bits per heavy atom. The van der Waals surface area contributed by atoms with Crippen LogP contribution < -0.4 is 20.2 Å². The van der Waals surface area contributed by atoms with E-state index in [2.05, 4.69) is 36.8 Å². The molecule has 30 heavy (non-hydrogen) atoms. The second-order valence-corrected chi connectivity index (χ2v) is 8.10. The van der Waals surface area contributed by atoms with E-state index >= 15 is 0 Å². The van der Waals surface area contributed by atoms with E-state index < -0.39 is 0 Å². The number of nitrogens with zero attached hydrogens (tertiary/aromatic N) is 2. The van der Waals surface area contributed by atoms with Crippen LogP contribution >= 0.6 is 27.3 Å². The molecule has 0 spiro atoms. The number of halogens is 1. The van der Waals surface area contributed by atoms with Crippen LogP contribution in [0.2, 0.25) is 0 Å². The van der Waals surface area contributed by atoms with Crippen LogP contribution in [0, 0.1) is 13.8 Å². The van der Waals surface area contributed by atoms with E-state index in [1.165, 1.54) is 11.3 Å². The van der Waals surface area contributed by atoms with Crippen molar-refractivity contribution in [2.45, 2.75) is 13.8 Å². The summed E-state index contributed by atoms with van der Waals surface area (Å²) < 4.78 is 11.8. The van der Waals surface area contributed by atoms with Crippen molar-refractivity contribution in [1.29, 1.82) is 0 Å². The van der Waals surface area contributed by atoms with Gasteiger partial charge in [-0.05, 0) is 54.0 Å². The number of rotatable bonds is 8. The molecule has 0 aliphatic rings. The number of hydrogen-bond donors (Lipinski definition) is 2. The van der Waals surface area contributed by atoms with Crippen molar-refractivity contribution in [3.63, 3.8) is 0 Å². The lowest BCUT2D eigenvalue weighted by Crippen LogP contribution is -2.20. The lowest BCUT2D eigenvalue weighted by Gasteiger charge is -2.13. The van der Waals surface area contributed by atoms with Gasteiger partial charge in [0, 0.05) is 21.1 Å². The number of carbonyl (C=O) groups is 1. The number of aryl methyl sites for hydroxylation is 2. The number of aromatic nitrogens is 1. The molecule has 1 aromatic heterocycles. The molecule has 9 heteroatoms. The van der Waals surface area contributed by atoms with E-state index in [1.807, 2.05) is 43.5 Å². The highest BCUT2D eigenvalue weighted by atomic mass is 79.9. The molecule has 0 atom stereocenters. The minimum Gasteiger partial charge on any atom is -0.493 e. The molecule has 156 valence electrons. The summed E-state index contributed by atoms with van der Waals surface area (Å²) in [4.78, 5) is 16.5. The first-order chi connectivity index (χ1) is 14.4. The van der Waals surface area contributed by atoms with E-state index in [0.717, 1.165) is 27.0 Å². The number of thiazole rings is 1. The first-order valence-electron chi connectivity index (χ1n) is 9.02. The molecule has 0 saturated carbocycles. The Morgan fingerprint density at radius 1 is 1.23 bits per heavy atom. The lowest BCUT2D eigenvalue weighted by molar-refractivity contribution is -0.118. The summed E-state index contributed by atoms with van der Waals surface area (Å²) in [5, 5.41) is 9.65. The molecule has 1 amide bonds. The van der Waals surface area contributed by atoms with Crippen LogP contribution in [-0.2, 0) is 4.79 Å². The van der Waals surface area contributed by atoms with Gasteiger partial charge in [0.25, 0.3) is 5.91 Å². The molecule has 3 rings (SSSR count). The summed E-state index contributed by atoms with van der Waals surface area (Å²) in [6, 6.07) is 11.1. The number of carbonyl (C=O) groups excluding carboxylic acids is 1. The first-order valence-corrected chi connectivity index (χ1v) is 10.7. The fraction of sp³-hybridized carbons (Fsp3) is 0.190. The summed E-state index contributed by atoms with van der Waals surface area (Å²) in [7, 11) is 1.54. The number of anilines is 2. The zero-order valence-electron chi connectivity index (χ0n) is 16.7. The van der Waals surface area contributed by atoms with Gasteiger partial charge >= 0.3 is 0 Å². The van der Waals surface area contributed by atoms with E-state index in [-0.39, 0.29) is 12.5 Å². The monoisotopic (exact) mass is 488 g/mol. The van der Waals surface area contributed by atoms with Crippen molar-refractivity contribution in [3.8, 4) is 11.5 Å². The molecular weight excluding hydrogens is 468 g/mol. The van der Waals surface area contributed by atoms with E-state index in [0.29, 0.717) is 16.6 Å². The van der Waals surface area contributed by atoms with Gasteiger partial charge in [-0.15, -0.1) is 11.3 Å². The van der Waals surface area contributed by atoms with Gasteiger partial charge in [-0.25, -0.2) is 4.98 Å². The Kier molecular flexibility index (Phi) is 7.42. The number of hydrazone groups is 1. The van der Waals surface area contributed by atoms with Crippen molar-refractivity contribution < 1.29 is 14.3 Å². The highest BCUT2D eigenvalue weighted by Crippen LogP contribution is 2.33. The Balaban J connectivity index is 1.62. The van der Waals surface area contributed by atoms with Crippen LogP contribution in [0.1, 0.15) is 16.8 Å². The molecule has 0 unspecified atom stereocenters. The average molecular weight is 489 g/mol. The van der Waals surface area contributed by atoms with E-state index in [4.69, 9.17) is 9.47 Å². The number of amides is 1. The van der Waals surface area contributed by atoms with Crippen LogP contribution in [0.15, 0.2) is 51.4 Å². The molecule has 2 aromatic carbocycles. The smallest absolute Gasteiger partial charge is 0.262 e. The fourth-order valence-electron chi connectivity index (χ4n) is 2.46. The van der Waals surface area contributed by atoms with Gasteiger partial charge in [-0.3, -0.25) is 10.2 Å². The van der Waals surface area contributed by atoms with Crippen LogP contribution in [0.3, 0.4) is 0 Å². The van der Waals surface area contributed by atoms with E-state index in [1.54, 1.807) is 25.5 Å². The maximum Gasteiger partial charge on any atom is 0.262 e. The Bertz CT molecular complexity index is 1050. The van der Waals surface area contributed by atoms with Crippen LogP contribution in [0.4, 0.5) is 10.8 Å². The molecule has 0 radical (unpaired) electrons. The van der Waals surface area contributed by atoms with Crippen LogP contribution in [0.5, 0.6) is 11.5 Å². The lowest BCUT2D eigenvalue weighted by atomic mass is 10.2. The summed E-state index contributed by atoms with van der Waals surface area (Å²) in [6.07, 6.45) is 1.65. The third-order valence-electron chi connectivity index (χ3n) is 3.96. The predicted molar refractivity (Wildman–Crippen MR) is 124 cm³/mol. The number of hydrogen-bond acceptors (Lipinski definition) is 7. The topological polar surface area (TPSA) is 84.8 Å². The number of benzene rings is 2. The molecule has 0 aliphatic heterocycles. The highest BCUT2D eigenvalue weighted by molar-refractivity contribution is 9.10. The standard InChI is InChI=1S/C21H21BrN4O3S/c1-13-4-6-16(7-5-13)25-20(27)11-29-19-9-17(22)15(8-18(19)28-3)10-23-26-21-24-14(2)12-30-21/h4-10,12H,11H2,1-3H3,(H,24,26)(H,25,27). The van der Waals surface area contributed by atoms with Crippen molar-refractivity contribution in [3.05, 3.63) is 63.1 Å². The Labute approximate surface area is 187 Å². The van der Waals surface area contributed by atoms with Gasteiger partial charge < -0.3 is 14.8 Å². The van der Waals surface area contributed by atoms with Gasteiger partial charge in [0.1, 0.15) is 0 Å². The SMILES string of the molecule is COc1cc(C=NNc2nc(C)cs2)c(Br)cc1OCC(=O)Nc1ccc(C)cc1. The van der Waals surface area contributed by atoms with Gasteiger partial charge in [0.15, 0.2) is 18.1 Å². The average Bonchev–Trinajstić information content (AvgIpc) is 3.14. The summed E-state index contributed by atoms with van der Waals surface area (Å²) in [5.74, 6) is 0.683. The predicted octanol–water partition coefficient (Wildman–Crippen LogP) is 4.99. The second kappa shape index (κ2) is 10.2. The number of methoxy groups -OCH3 is 1. The van der Waals surface area contributed by atoms with Crippen LogP contribution in [0.25, 0.3) is 0 Å². The second-order valence-electron chi connectivity index (χ2n) is 6.39. The van der Waals surface area contributed by atoms with Crippen molar-refractivity contribution in [1.82, 2.24) is 4.98 Å². The third-order valence-corrected chi connectivity index (χ3v) is 5.51. The number of nitrogens with one attached hydrogen (secondary N) is 2. The van der Waals surface area contributed by atoms with Crippen molar-refractivity contribution >= 4 is 50.2 Å². The Hall–Kier alpha value is -2.91. The van der Waals surface area contributed by atoms with Gasteiger partial charge in [0.05, 0.1) is 19.0 Å². The highest BCUT2D eigenvalue weighted by Gasteiger charge is 2.12. The Morgan fingerprint density at radius 3 is 2.67 bits per heavy atom. The van der Waals surface area contributed by atoms with Gasteiger partial charge in [0.2, 0.25) is 5.13 Å². The molecule has 2 N–H and O–H groups in total. The molecule has 7 nitrogen and oxygen atoms in total. The van der Waals surface area contributed by atoms with E-state index in [9.17, 15) is 4.79 Å². The number of ether oxygens (including phenoxy) is 2. The molecule has 0 bridgehead atoms. The fourth-order valence-corrected chi connectivity index (χ4v) is 3.52. The van der Waals surface area contributed by atoms with Crippen molar-refractivity contribution in [2.75, 3.05) is 24.5 Å².